The van der Waals surface area contributed by atoms with Crippen LogP contribution >= 0.6 is 11.6 Å². The number of rotatable bonds is 10. The van der Waals surface area contributed by atoms with Crippen molar-refractivity contribution in [2.75, 3.05) is 20.8 Å². The molecule has 0 unspecified atom stereocenters. The summed E-state index contributed by atoms with van der Waals surface area (Å²) in [6.45, 7) is -0.0589. The zero-order valence-electron chi connectivity index (χ0n) is 18.3. The lowest BCUT2D eigenvalue weighted by molar-refractivity contribution is -0.121. The van der Waals surface area contributed by atoms with Crippen molar-refractivity contribution in [1.82, 2.24) is 9.62 Å². The second-order valence-corrected chi connectivity index (χ2v) is 9.55. The van der Waals surface area contributed by atoms with Crippen molar-refractivity contribution in [3.63, 3.8) is 0 Å². The van der Waals surface area contributed by atoms with Gasteiger partial charge in [0.15, 0.2) is 11.5 Å². The Labute approximate surface area is 198 Å². The molecule has 0 aliphatic rings. The maximum absolute atomic E-state index is 13.5. The van der Waals surface area contributed by atoms with E-state index in [4.69, 9.17) is 21.1 Å². The molecule has 0 spiro atoms. The second kappa shape index (κ2) is 11.2. The summed E-state index contributed by atoms with van der Waals surface area (Å²) in [4.78, 5) is 12.7. The van der Waals surface area contributed by atoms with Crippen LogP contribution in [0.1, 0.15) is 11.1 Å². The topological polar surface area (TPSA) is 84.9 Å². The van der Waals surface area contributed by atoms with Crippen LogP contribution in [0, 0.1) is 0 Å². The first-order chi connectivity index (χ1) is 15.8. The Balaban J connectivity index is 1.83. The molecule has 0 aliphatic heterocycles. The van der Waals surface area contributed by atoms with Gasteiger partial charge in [0, 0.05) is 24.2 Å². The molecule has 0 aliphatic carbocycles. The van der Waals surface area contributed by atoms with Gasteiger partial charge in [0.1, 0.15) is 0 Å². The minimum atomic E-state index is -4.02. The predicted molar refractivity (Wildman–Crippen MR) is 127 cm³/mol. The fourth-order valence-corrected chi connectivity index (χ4v) is 4.68. The summed E-state index contributed by atoms with van der Waals surface area (Å²) in [5, 5.41) is 3.36. The molecule has 0 radical (unpaired) electrons. The van der Waals surface area contributed by atoms with Crippen molar-refractivity contribution < 1.29 is 22.7 Å². The quantitative estimate of drug-likeness (QED) is 0.468. The van der Waals surface area contributed by atoms with Gasteiger partial charge in [-0.3, -0.25) is 4.79 Å². The number of hydrogen-bond acceptors (Lipinski definition) is 5. The molecule has 0 heterocycles. The van der Waals surface area contributed by atoms with Gasteiger partial charge in [-0.05, 0) is 35.4 Å². The third kappa shape index (κ3) is 6.47. The van der Waals surface area contributed by atoms with Gasteiger partial charge in [-0.2, -0.15) is 4.31 Å². The van der Waals surface area contributed by atoms with Crippen LogP contribution in [-0.2, 0) is 27.9 Å². The summed E-state index contributed by atoms with van der Waals surface area (Å²) in [5.41, 5.74) is 1.61. The number of carbonyl (C=O) groups is 1. The number of nitrogens with zero attached hydrogens (tertiary/aromatic N) is 1. The van der Waals surface area contributed by atoms with E-state index in [1.807, 2.05) is 30.3 Å². The summed E-state index contributed by atoms with van der Waals surface area (Å²) < 4.78 is 38.6. The van der Waals surface area contributed by atoms with E-state index in [9.17, 15) is 13.2 Å². The van der Waals surface area contributed by atoms with E-state index >= 15 is 0 Å². The van der Waals surface area contributed by atoms with E-state index < -0.39 is 15.9 Å². The lowest BCUT2D eigenvalue weighted by Crippen LogP contribution is -2.40. The van der Waals surface area contributed by atoms with E-state index in [1.165, 1.54) is 32.4 Å². The monoisotopic (exact) mass is 488 g/mol. The van der Waals surface area contributed by atoms with Gasteiger partial charge in [0.25, 0.3) is 0 Å². The van der Waals surface area contributed by atoms with Crippen LogP contribution in [0.25, 0.3) is 0 Å². The minimum absolute atomic E-state index is 0.00147. The Bertz CT molecular complexity index is 1190. The van der Waals surface area contributed by atoms with Crippen LogP contribution in [0.15, 0.2) is 77.7 Å². The summed E-state index contributed by atoms with van der Waals surface area (Å²) in [7, 11) is -1.12. The second-order valence-electron chi connectivity index (χ2n) is 7.18. The average molecular weight is 489 g/mol. The van der Waals surface area contributed by atoms with Gasteiger partial charge >= 0.3 is 0 Å². The molecule has 0 atom stereocenters. The molecule has 1 N–H and O–H groups in total. The Morgan fingerprint density at radius 3 is 2.21 bits per heavy atom. The zero-order chi connectivity index (χ0) is 23.8. The van der Waals surface area contributed by atoms with E-state index in [2.05, 4.69) is 5.32 Å². The third-order valence-electron chi connectivity index (χ3n) is 4.92. The molecule has 3 rings (SSSR count). The standard InChI is InChI=1S/C24H25ClN2O5S/c1-31-22-13-12-21(14-23(22)32-2)33(29,30)27(16-19-6-4-3-5-7-19)17-24(28)26-15-18-8-10-20(25)11-9-18/h3-14H,15-17H2,1-2H3,(H,26,28). The number of carbonyl (C=O) groups excluding carboxylic acids is 1. The number of halogens is 1. The highest BCUT2D eigenvalue weighted by atomic mass is 35.5. The molecule has 0 saturated heterocycles. The van der Waals surface area contributed by atoms with Crippen molar-refractivity contribution in [1.29, 1.82) is 0 Å². The zero-order valence-corrected chi connectivity index (χ0v) is 19.9. The van der Waals surface area contributed by atoms with Crippen molar-refractivity contribution >= 4 is 27.5 Å². The predicted octanol–water partition coefficient (Wildman–Crippen LogP) is 3.86. The average Bonchev–Trinajstić information content (AvgIpc) is 2.83. The SMILES string of the molecule is COc1ccc(S(=O)(=O)N(CC(=O)NCc2ccc(Cl)cc2)Cc2ccccc2)cc1OC. The molecule has 0 fully saturated rings. The lowest BCUT2D eigenvalue weighted by atomic mass is 10.2. The van der Waals surface area contributed by atoms with E-state index in [-0.39, 0.29) is 30.3 Å². The van der Waals surface area contributed by atoms with Crippen LogP contribution in [0.3, 0.4) is 0 Å². The molecule has 3 aromatic carbocycles. The third-order valence-corrected chi connectivity index (χ3v) is 6.96. The van der Waals surface area contributed by atoms with Crippen molar-refractivity contribution in [3.05, 3.63) is 88.9 Å². The van der Waals surface area contributed by atoms with Crippen molar-refractivity contribution in [2.24, 2.45) is 0 Å². The summed E-state index contributed by atoms with van der Waals surface area (Å²) in [5.74, 6) is 0.266. The molecule has 3 aromatic rings. The van der Waals surface area contributed by atoms with E-state index in [0.29, 0.717) is 10.8 Å². The summed E-state index contributed by atoms with van der Waals surface area (Å²) in [6.07, 6.45) is 0. The minimum Gasteiger partial charge on any atom is -0.493 e. The molecule has 0 aromatic heterocycles. The first-order valence-corrected chi connectivity index (χ1v) is 11.9. The number of ether oxygens (including phenoxy) is 2. The van der Waals surface area contributed by atoms with Gasteiger partial charge in [-0.1, -0.05) is 54.1 Å². The number of nitrogens with one attached hydrogen (secondary N) is 1. The molecule has 7 nitrogen and oxygen atoms in total. The molecule has 174 valence electrons. The van der Waals surface area contributed by atoms with Gasteiger partial charge in [-0.15, -0.1) is 0 Å². The Morgan fingerprint density at radius 1 is 0.909 bits per heavy atom. The maximum Gasteiger partial charge on any atom is 0.243 e. The molecule has 0 bridgehead atoms. The maximum atomic E-state index is 13.5. The fourth-order valence-electron chi connectivity index (χ4n) is 3.16. The van der Waals surface area contributed by atoms with Gasteiger partial charge < -0.3 is 14.8 Å². The molecule has 0 saturated carbocycles. The highest BCUT2D eigenvalue weighted by Crippen LogP contribution is 2.31. The van der Waals surface area contributed by atoms with Crippen LogP contribution in [-0.4, -0.2) is 39.4 Å². The number of sulfonamides is 1. The Hall–Kier alpha value is -3.07. The number of amides is 1. The first-order valence-electron chi connectivity index (χ1n) is 10.1. The highest BCUT2D eigenvalue weighted by Gasteiger charge is 2.28. The van der Waals surface area contributed by atoms with Gasteiger partial charge in [-0.25, -0.2) is 8.42 Å². The largest absolute Gasteiger partial charge is 0.493 e. The molecule has 9 heteroatoms. The fraction of sp³-hybridized carbons (Fsp3) is 0.208. The smallest absolute Gasteiger partial charge is 0.243 e. The summed E-state index contributed by atoms with van der Waals surface area (Å²) in [6, 6.07) is 20.5. The van der Waals surface area contributed by atoms with Crippen molar-refractivity contribution in [3.8, 4) is 11.5 Å². The van der Waals surface area contributed by atoms with Crippen LogP contribution in [0.5, 0.6) is 11.5 Å². The van der Waals surface area contributed by atoms with E-state index in [1.54, 1.807) is 24.3 Å². The molecule has 1 amide bonds. The highest BCUT2D eigenvalue weighted by molar-refractivity contribution is 7.89. The number of benzene rings is 3. The molecular weight excluding hydrogens is 464 g/mol. The Kier molecular flexibility index (Phi) is 8.32. The normalized spacial score (nSPS) is 11.3. The Morgan fingerprint density at radius 2 is 1.58 bits per heavy atom. The molecule has 33 heavy (non-hydrogen) atoms. The summed E-state index contributed by atoms with van der Waals surface area (Å²) >= 11 is 5.89. The van der Waals surface area contributed by atoms with Crippen LogP contribution in [0.4, 0.5) is 0 Å². The number of hydrogen-bond donors (Lipinski definition) is 1. The van der Waals surface area contributed by atoms with Crippen LogP contribution in [0.2, 0.25) is 5.02 Å². The van der Waals surface area contributed by atoms with Gasteiger partial charge in [0.2, 0.25) is 15.9 Å². The van der Waals surface area contributed by atoms with Crippen molar-refractivity contribution in [2.45, 2.75) is 18.0 Å². The molecular formula is C24H25ClN2O5S. The number of methoxy groups -OCH3 is 2. The van der Waals surface area contributed by atoms with Crippen LogP contribution < -0.4 is 14.8 Å². The lowest BCUT2D eigenvalue weighted by Gasteiger charge is -2.22. The van der Waals surface area contributed by atoms with Gasteiger partial charge in [0.05, 0.1) is 25.7 Å². The first kappa shape index (κ1) is 24.6. The van der Waals surface area contributed by atoms with E-state index in [0.717, 1.165) is 15.4 Å².